The molecule has 0 bridgehead atoms. The molecule has 0 amide bonds. The van der Waals surface area contributed by atoms with Gasteiger partial charge in [0.2, 0.25) is 5.76 Å². The number of Topliss-reactive ketones (excluding diaryl/α,β-unsaturated/α-hetero) is 1. The van der Waals surface area contributed by atoms with Crippen LogP contribution in [0.4, 0.5) is 8.78 Å². The lowest BCUT2D eigenvalue weighted by molar-refractivity contribution is 0.0445. The molecule has 0 aliphatic carbocycles. The molecule has 0 fully saturated rings. The van der Waals surface area contributed by atoms with Crippen molar-refractivity contribution in [2.75, 3.05) is 6.61 Å². The van der Waals surface area contributed by atoms with Gasteiger partial charge >= 0.3 is 5.97 Å². The molecule has 3 rings (SSSR count). The van der Waals surface area contributed by atoms with Crippen molar-refractivity contribution >= 4 is 34.3 Å². The first-order valence-corrected chi connectivity index (χ1v) is 7.58. The highest BCUT2D eigenvalue weighted by molar-refractivity contribution is 6.31. The third-order valence-electron chi connectivity index (χ3n) is 3.66. The van der Waals surface area contributed by atoms with Gasteiger partial charge < -0.3 is 9.15 Å². The third-order valence-corrected chi connectivity index (χ3v) is 3.89. The molecule has 4 nitrogen and oxygen atoms in total. The Hall–Kier alpha value is -2.73. The van der Waals surface area contributed by atoms with E-state index in [2.05, 4.69) is 0 Å². The summed E-state index contributed by atoms with van der Waals surface area (Å²) in [5.74, 6) is -3.76. The Kier molecular flexibility index (Phi) is 4.55. The quantitative estimate of drug-likeness (QED) is 0.497. The van der Waals surface area contributed by atoms with Gasteiger partial charge in [-0.05, 0) is 43.3 Å². The van der Waals surface area contributed by atoms with Gasteiger partial charge in [-0.3, -0.25) is 4.79 Å². The van der Waals surface area contributed by atoms with Crippen LogP contribution in [-0.2, 0) is 4.74 Å². The van der Waals surface area contributed by atoms with Crippen molar-refractivity contribution in [3.63, 3.8) is 0 Å². The summed E-state index contributed by atoms with van der Waals surface area (Å²) in [4.78, 5) is 24.1. The number of carbonyl (C=O) groups excluding carboxylic acids is 2. The van der Waals surface area contributed by atoms with E-state index in [4.69, 9.17) is 20.8 Å². The van der Waals surface area contributed by atoms with Crippen molar-refractivity contribution in [2.24, 2.45) is 0 Å². The molecule has 2 aromatic carbocycles. The molecule has 128 valence electrons. The van der Waals surface area contributed by atoms with Crippen LogP contribution >= 0.6 is 11.6 Å². The van der Waals surface area contributed by atoms with Gasteiger partial charge in [-0.15, -0.1) is 0 Å². The van der Waals surface area contributed by atoms with Gasteiger partial charge in [0, 0.05) is 21.5 Å². The Morgan fingerprint density at radius 3 is 2.60 bits per heavy atom. The maximum atomic E-state index is 13.1. The fourth-order valence-electron chi connectivity index (χ4n) is 2.34. The molecule has 0 aliphatic heterocycles. The Morgan fingerprint density at radius 1 is 1.12 bits per heavy atom. The predicted molar refractivity (Wildman–Crippen MR) is 86.9 cm³/mol. The highest BCUT2D eigenvalue weighted by atomic mass is 35.5. The maximum Gasteiger partial charge on any atom is 0.375 e. The summed E-state index contributed by atoms with van der Waals surface area (Å²) in [6, 6.07) is 7.59. The SMILES string of the molecule is Cc1c(C(=O)OCC(=O)c2ccc(F)c(F)c2)oc2ccc(Cl)cc12. The number of hydrogen-bond donors (Lipinski definition) is 0. The van der Waals surface area contributed by atoms with E-state index < -0.39 is 30.0 Å². The second-order valence-corrected chi connectivity index (χ2v) is 5.76. The smallest absolute Gasteiger partial charge is 0.375 e. The summed E-state index contributed by atoms with van der Waals surface area (Å²) >= 11 is 5.91. The fraction of sp³-hybridized carbons (Fsp3) is 0.111. The van der Waals surface area contributed by atoms with Gasteiger partial charge in [0.1, 0.15) is 5.58 Å². The average molecular weight is 365 g/mol. The molecule has 0 unspecified atom stereocenters. The Morgan fingerprint density at radius 2 is 1.88 bits per heavy atom. The zero-order valence-corrected chi connectivity index (χ0v) is 13.7. The van der Waals surface area contributed by atoms with Crippen LogP contribution in [0.25, 0.3) is 11.0 Å². The van der Waals surface area contributed by atoms with Gasteiger partial charge in [-0.25, -0.2) is 13.6 Å². The first kappa shape index (κ1) is 17.1. The minimum Gasteiger partial charge on any atom is -0.451 e. The summed E-state index contributed by atoms with van der Waals surface area (Å²) in [6.45, 7) is 1.04. The molecule has 7 heteroatoms. The summed E-state index contributed by atoms with van der Waals surface area (Å²) in [7, 11) is 0. The summed E-state index contributed by atoms with van der Waals surface area (Å²) in [5, 5.41) is 1.15. The van der Waals surface area contributed by atoms with Crippen LogP contribution in [0.3, 0.4) is 0 Å². The fourth-order valence-corrected chi connectivity index (χ4v) is 2.51. The highest BCUT2D eigenvalue weighted by Gasteiger charge is 2.21. The van der Waals surface area contributed by atoms with Crippen molar-refractivity contribution in [1.29, 1.82) is 0 Å². The van der Waals surface area contributed by atoms with Crippen LogP contribution in [0.1, 0.15) is 26.5 Å². The largest absolute Gasteiger partial charge is 0.451 e. The number of furan rings is 1. The zero-order valence-electron chi connectivity index (χ0n) is 12.9. The first-order chi connectivity index (χ1) is 11.9. The van der Waals surface area contributed by atoms with Gasteiger partial charge in [0.05, 0.1) is 0 Å². The number of ketones is 1. The second-order valence-electron chi connectivity index (χ2n) is 5.32. The zero-order chi connectivity index (χ0) is 18.1. The van der Waals surface area contributed by atoms with Crippen LogP contribution in [-0.4, -0.2) is 18.4 Å². The van der Waals surface area contributed by atoms with E-state index in [0.717, 1.165) is 18.2 Å². The van der Waals surface area contributed by atoms with E-state index in [0.29, 0.717) is 21.6 Å². The number of fused-ring (bicyclic) bond motifs is 1. The van der Waals surface area contributed by atoms with Gasteiger partial charge in [-0.2, -0.15) is 0 Å². The van der Waals surface area contributed by atoms with Gasteiger partial charge in [0.25, 0.3) is 0 Å². The molecule has 3 aromatic rings. The summed E-state index contributed by atoms with van der Waals surface area (Å²) < 4.78 is 36.4. The molecule has 0 N–H and O–H groups in total. The number of hydrogen-bond acceptors (Lipinski definition) is 4. The standard InChI is InChI=1S/C18H11ClF2O4/c1-9-12-7-11(19)3-5-16(12)25-17(9)18(23)24-8-15(22)10-2-4-13(20)14(21)6-10/h2-7H,8H2,1H3. The maximum absolute atomic E-state index is 13.1. The number of benzene rings is 2. The van der Waals surface area contributed by atoms with Crippen LogP contribution < -0.4 is 0 Å². The normalized spacial score (nSPS) is 10.9. The van der Waals surface area contributed by atoms with E-state index in [1.807, 2.05) is 0 Å². The molecular weight excluding hydrogens is 354 g/mol. The van der Waals surface area contributed by atoms with Crippen molar-refractivity contribution in [3.8, 4) is 0 Å². The number of esters is 1. The molecule has 1 heterocycles. The molecule has 0 atom stereocenters. The molecule has 25 heavy (non-hydrogen) atoms. The molecule has 0 aliphatic rings. The van der Waals surface area contributed by atoms with E-state index in [1.54, 1.807) is 25.1 Å². The molecule has 0 radical (unpaired) electrons. The Balaban J connectivity index is 1.75. The van der Waals surface area contributed by atoms with Crippen molar-refractivity contribution in [3.05, 3.63) is 69.9 Å². The summed E-state index contributed by atoms with van der Waals surface area (Å²) in [6.07, 6.45) is 0. The van der Waals surface area contributed by atoms with Crippen LogP contribution in [0.5, 0.6) is 0 Å². The number of aryl methyl sites for hydroxylation is 1. The van der Waals surface area contributed by atoms with E-state index in [1.165, 1.54) is 0 Å². The van der Waals surface area contributed by atoms with Crippen LogP contribution in [0.15, 0.2) is 40.8 Å². The first-order valence-electron chi connectivity index (χ1n) is 7.21. The predicted octanol–water partition coefficient (Wildman–Crippen LogP) is 4.71. The second kappa shape index (κ2) is 6.64. The molecule has 0 saturated carbocycles. The van der Waals surface area contributed by atoms with Crippen molar-refractivity contribution in [1.82, 2.24) is 0 Å². The van der Waals surface area contributed by atoms with E-state index in [-0.39, 0.29) is 11.3 Å². The molecular formula is C18H11ClF2O4. The minimum absolute atomic E-state index is 0.0460. The number of ether oxygens (including phenoxy) is 1. The Bertz CT molecular complexity index is 994. The molecule has 0 spiro atoms. The highest BCUT2D eigenvalue weighted by Crippen LogP contribution is 2.28. The van der Waals surface area contributed by atoms with Crippen molar-refractivity contribution < 1.29 is 27.5 Å². The monoisotopic (exact) mass is 364 g/mol. The lowest BCUT2D eigenvalue weighted by Crippen LogP contribution is -2.14. The van der Waals surface area contributed by atoms with Crippen LogP contribution in [0.2, 0.25) is 5.02 Å². The molecule has 0 saturated heterocycles. The summed E-state index contributed by atoms with van der Waals surface area (Å²) in [5.41, 5.74) is 0.892. The number of carbonyl (C=O) groups is 2. The lowest BCUT2D eigenvalue weighted by atomic mass is 10.1. The number of rotatable bonds is 4. The topological polar surface area (TPSA) is 56.5 Å². The number of halogens is 3. The van der Waals surface area contributed by atoms with E-state index in [9.17, 15) is 18.4 Å². The molecule has 1 aromatic heterocycles. The van der Waals surface area contributed by atoms with Crippen molar-refractivity contribution in [2.45, 2.75) is 6.92 Å². The Labute approximate surface area is 145 Å². The van der Waals surface area contributed by atoms with Gasteiger partial charge in [0.15, 0.2) is 24.0 Å². The van der Waals surface area contributed by atoms with Gasteiger partial charge in [-0.1, -0.05) is 11.6 Å². The van der Waals surface area contributed by atoms with Crippen LogP contribution in [0, 0.1) is 18.6 Å². The third kappa shape index (κ3) is 3.39. The minimum atomic E-state index is -1.15. The lowest BCUT2D eigenvalue weighted by Gasteiger charge is -2.04. The average Bonchev–Trinajstić information content (AvgIpc) is 2.91. The van der Waals surface area contributed by atoms with E-state index >= 15 is 0 Å².